The second-order valence-corrected chi connectivity index (χ2v) is 5.82. The van der Waals surface area contributed by atoms with Gasteiger partial charge >= 0.3 is 0 Å². The van der Waals surface area contributed by atoms with Gasteiger partial charge in [-0.15, -0.1) is 35.3 Å². The Kier molecular flexibility index (Phi) is 11.9. The van der Waals surface area contributed by atoms with Crippen LogP contribution >= 0.6 is 35.3 Å². The van der Waals surface area contributed by atoms with E-state index in [9.17, 15) is 0 Å². The van der Waals surface area contributed by atoms with Gasteiger partial charge in [-0.2, -0.15) is 0 Å². The lowest BCUT2D eigenvalue weighted by Gasteiger charge is -2.10. The van der Waals surface area contributed by atoms with Gasteiger partial charge in [-0.3, -0.25) is 4.99 Å². The molecule has 0 saturated heterocycles. The van der Waals surface area contributed by atoms with Crippen LogP contribution in [0.15, 0.2) is 4.99 Å². The van der Waals surface area contributed by atoms with E-state index in [0.29, 0.717) is 0 Å². The monoisotopic (exact) mass is 426 g/mol. The van der Waals surface area contributed by atoms with Crippen LogP contribution in [0.3, 0.4) is 0 Å². The summed E-state index contributed by atoms with van der Waals surface area (Å²) in [6, 6.07) is 0. The lowest BCUT2D eigenvalue weighted by Crippen LogP contribution is -2.38. The van der Waals surface area contributed by atoms with E-state index in [4.69, 9.17) is 4.74 Å². The minimum atomic E-state index is 0. The van der Waals surface area contributed by atoms with E-state index in [1.807, 2.05) is 0 Å². The predicted octanol–water partition coefficient (Wildman–Crippen LogP) is 2.51. The lowest BCUT2D eigenvalue weighted by molar-refractivity contribution is 0.197. The number of guanidine groups is 1. The van der Waals surface area contributed by atoms with E-state index in [-0.39, 0.29) is 24.0 Å². The van der Waals surface area contributed by atoms with Crippen LogP contribution in [0.25, 0.3) is 0 Å². The van der Waals surface area contributed by atoms with Crippen molar-refractivity contribution in [3.8, 4) is 0 Å². The SMILES string of the molecule is CCNC(=NCCCOC)NCCc1nc(C)c(C)s1.I. The standard InChI is InChI=1S/C14H26N4OS.HI/c1-5-15-14(16-8-6-10-19-4)17-9-7-13-18-11(2)12(3)20-13;/h5-10H2,1-4H3,(H2,15,16,17);1H. The molecule has 0 fully saturated rings. The molecule has 0 spiro atoms. The third-order valence-electron chi connectivity index (χ3n) is 2.82. The first-order chi connectivity index (χ1) is 9.67. The van der Waals surface area contributed by atoms with Crippen molar-refractivity contribution < 1.29 is 4.74 Å². The molecular formula is C14H27IN4OS. The van der Waals surface area contributed by atoms with Crippen molar-refractivity contribution in [3.05, 3.63) is 15.6 Å². The minimum absolute atomic E-state index is 0. The first-order valence-electron chi connectivity index (χ1n) is 7.11. The number of halogens is 1. The number of hydrogen-bond acceptors (Lipinski definition) is 4. The zero-order valence-corrected chi connectivity index (χ0v) is 16.5. The number of aromatic nitrogens is 1. The molecule has 1 rings (SSSR count). The van der Waals surface area contributed by atoms with Gasteiger partial charge in [-0.05, 0) is 27.2 Å². The molecule has 0 saturated carbocycles. The molecule has 0 radical (unpaired) electrons. The van der Waals surface area contributed by atoms with Crippen molar-refractivity contribution in [3.63, 3.8) is 0 Å². The average Bonchev–Trinajstić information content (AvgIpc) is 2.73. The van der Waals surface area contributed by atoms with Gasteiger partial charge in [0.05, 0.1) is 10.7 Å². The largest absolute Gasteiger partial charge is 0.385 e. The van der Waals surface area contributed by atoms with Gasteiger partial charge in [0, 0.05) is 44.6 Å². The summed E-state index contributed by atoms with van der Waals surface area (Å²) in [5, 5.41) is 7.77. The summed E-state index contributed by atoms with van der Waals surface area (Å²) in [6.45, 7) is 9.49. The van der Waals surface area contributed by atoms with Crippen molar-refractivity contribution in [2.24, 2.45) is 4.99 Å². The normalized spacial score (nSPS) is 11.1. The fraction of sp³-hybridized carbons (Fsp3) is 0.714. The number of methoxy groups -OCH3 is 1. The molecule has 0 aliphatic carbocycles. The molecule has 0 bridgehead atoms. The Balaban J connectivity index is 0.00000400. The Bertz CT molecular complexity index is 404. The highest BCUT2D eigenvalue weighted by atomic mass is 127. The van der Waals surface area contributed by atoms with E-state index in [1.54, 1.807) is 18.4 Å². The first-order valence-corrected chi connectivity index (χ1v) is 7.93. The van der Waals surface area contributed by atoms with Crippen LogP contribution in [-0.2, 0) is 11.2 Å². The third kappa shape index (κ3) is 8.57. The summed E-state index contributed by atoms with van der Waals surface area (Å²) < 4.78 is 5.02. The van der Waals surface area contributed by atoms with Crippen LogP contribution in [-0.4, -0.2) is 44.3 Å². The Morgan fingerprint density at radius 1 is 1.33 bits per heavy atom. The highest BCUT2D eigenvalue weighted by Crippen LogP contribution is 2.16. The summed E-state index contributed by atoms with van der Waals surface area (Å²) in [4.78, 5) is 10.3. The number of nitrogens with zero attached hydrogens (tertiary/aromatic N) is 2. The summed E-state index contributed by atoms with van der Waals surface area (Å²) in [6.07, 6.45) is 1.87. The number of ether oxygens (including phenoxy) is 1. The highest BCUT2D eigenvalue weighted by molar-refractivity contribution is 14.0. The van der Waals surface area contributed by atoms with Gasteiger partial charge in [0.25, 0.3) is 0 Å². The van der Waals surface area contributed by atoms with Crippen molar-refractivity contribution in [2.45, 2.75) is 33.6 Å². The summed E-state index contributed by atoms with van der Waals surface area (Å²) in [5.74, 6) is 0.869. The number of thiazole rings is 1. The molecule has 1 heterocycles. The van der Waals surface area contributed by atoms with E-state index < -0.39 is 0 Å². The average molecular weight is 426 g/mol. The number of aryl methyl sites for hydroxylation is 2. The molecule has 0 unspecified atom stereocenters. The molecule has 21 heavy (non-hydrogen) atoms. The maximum atomic E-state index is 5.02. The number of nitrogens with one attached hydrogen (secondary N) is 2. The molecule has 0 aliphatic heterocycles. The van der Waals surface area contributed by atoms with Gasteiger partial charge in [0.15, 0.2) is 5.96 Å². The van der Waals surface area contributed by atoms with Crippen LogP contribution in [0.2, 0.25) is 0 Å². The lowest BCUT2D eigenvalue weighted by atomic mass is 10.4. The summed E-state index contributed by atoms with van der Waals surface area (Å²) in [5.41, 5.74) is 1.14. The smallest absolute Gasteiger partial charge is 0.191 e. The molecule has 0 aliphatic rings. The van der Waals surface area contributed by atoms with Crippen molar-refractivity contribution in [2.75, 3.05) is 33.4 Å². The zero-order valence-electron chi connectivity index (χ0n) is 13.4. The molecule has 0 aromatic carbocycles. The van der Waals surface area contributed by atoms with Crippen molar-refractivity contribution in [1.29, 1.82) is 0 Å². The molecule has 1 aromatic heterocycles. The van der Waals surface area contributed by atoms with E-state index in [0.717, 1.165) is 50.7 Å². The van der Waals surface area contributed by atoms with Crippen LogP contribution in [0, 0.1) is 13.8 Å². The second-order valence-electron chi connectivity index (χ2n) is 4.53. The zero-order chi connectivity index (χ0) is 14.8. The fourth-order valence-electron chi connectivity index (χ4n) is 1.68. The quantitative estimate of drug-likeness (QED) is 0.290. The third-order valence-corrected chi connectivity index (χ3v) is 3.96. The second kappa shape index (κ2) is 12.2. The van der Waals surface area contributed by atoms with Gasteiger partial charge in [0.2, 0.25) is 0 Å². The molecule has 0 atom stereocenters. The first kappa shape index (κ1) is 20.6. The van der Waals surface area contributed by atoms with Crippen LogP contribution in [0.5, 0.6) is 0 Å². The number of hydrogen-bond donors (Lipinski definition) is 2. The Morgan fingerprint density at radius 3 is 2.67 bits per heavy atom. The van der Waals surface area contributed by atoms with Crippen molar-refractivity contribution >= 4 is 41.3 Å². The fourth-order valence-corrected chi connectivity index (χ4v) is 2.61. The van der Waals surface area contributed by atoms with Crippen LogP contribution in [0.4, 0.5) is 0 Å². The molecule has 0 amide bonds. The van der Waals surface area contributed by atoms with Gasteiger partial charge in [0.1, 0.15) is 0 Å². The topological polar surface area (TPSA) is 58.5 Å². The van der Waals surface area contributed by atoms with E-state index in [1.165, 1.54) is 9.88 Å². The molecular weight excluding hydrogens is 399 g/mol. The van der Waals surface area contributed by atoms with Gasteiger partial charge in [-0.25, -0.2) is 4.98 Å². The Morgan fingerprint density at radius 2 is 2.10 bits per heavy atom. The molecule has 1 aromatic rings. The van der Waals surface area contributed by atoms with Gasteiger partial charge in [-0.1, -0.05) is 0 Å². The Labute approximate surface area is 149 Å². The van der Waals surface area contributed by atoms with E-state index >= 15 is 0 Å². The van der Waals surface area contributed by atoms with Crippen LogP contribution in [0.1, 0.15) is 28.9 Å². The van der Waals surface area contributed by atoms with Crippen molar-refractivity contribution in [1.82, 2.24) is 15.6 Å². The van der Waals surface area contributed by atoms with Gasteiger partial charge < -0.3 is 15.4 Å². The molecule has 2 N–H and O–H groups in total. The highest BCUT2D eigenvalue weighted by Gasteiger charge is 2.03. The van der Waals surface area contributed by atoms with Crippen LogP contribution < -0.4 is 10.6 Å². The predicted molar refractivity (Wildman–Crippen MR) is 101 cm³/mol. The molecule has 122 valence electrons. The Hall–Kier alpha value is -0.410. The number of rotatable bonds is 8. The maximum Gasteiger partial charge on any atom is 0.191 e. The molecule has 5 nitrogen and oxygen atoms in total. The summed E-state index contributed by atoms with van der Waals surface area (Å²) in [7, 11) is 1.71. The maximum absolute atomic E-state index is 5.02. The minimum Gasteiger partial charge on any atom is -0.385 e. The molecule has 7 heteroatoms. The van der Waals surface area contributed by atoms with E-state index in [2.05, 4.69) is 41.4 Å². The number of aliphatic imine (C=N–C) groups is 1. The summed E-state index contributed by atoms with van der Waals surface area (Å²) >= 11 is 1.78.